The number of alkyl halides is 3. The summed E-state index contributed by atoms with van der Waals surface area (Å²) in [6, 6.07) is 13.6. The van der Waals surface area contributed by atoms with Crippen molar-refractivity contribution in [2.45, 2.75) is 50.3 Å². The number of hydrogen-bond donors (Lipinski definition) is 1. The first-order chi connectivity index (χ1) is 19.8. The monoisotopic (exact) mass is 627 g/mol. The van der Waals surface area contributed by atoms with Crippen molar-refractivity contribution in [3.8, 4) is 0 Å². The quantitative estimate of drug-likeness (QED) is 0.249. The summed E-state index contributed by atoms with van der Waals surface area (Å²) >= 11 is 5.78. The van der Waals surface area contributed by atoms with Crippen molar-refractivity contribution in [2.75, 3.05) is 17.4 Å². The zero-order valence-electron chi connectivity index (χ0n) is 22.9. The first-order valence-electron chi connectivity index (χ1n) is 13.1. The van der Waals surface area contributed by atoms with Gasteiger partial charge < -0.3 is 10.2 Å². The smallest absolute Gasteiger partial charge is 0.354 e. The average Bonchev–Trinajstić information content (AvgIpc) is 2.95. The third-order valence-corrected chi connectivity index (χ3v) is 8.47. The Morgan fingerprint density at radius 3 is 2.19 bits per heavy atom. The highest BCUT2D eigenvalue weighted by molar-refractivity contribution is 7.92. The van der Waals surface area contributed by atoms with Gasteiger partial charge in [-0.05, 0) is 60.9 Å². The van der Waals surface area contributed by atoms with Gasteiger partial charge >= 0.3 is 6.18 Å². The summed E-state index contributed by atoms with van der Waals surface area (Å²) < 4.78 is 82.8. The van der Waals surface area contributed by atoms with Crippen molar-refractivity contribution in [3.63, 3.8) is 0 Å². The van der Waals surface area contributed by atoms with Crippen molar-refractivity contribution >= 4 is 39.1 Å². The van der Waals surface area contributed by atoms with E-state index in [-0.39, 0.29) is 17.9 Å². The van der Waals surface area contributed by atoms with Crippen LogP contribution in [0.5, 0.6) is 0 Å². The lowest BCUT2D eigenvalue weighted by molar-refractivity contribution is -0.140. The maximum Gasteiger partial charge on any atom is 0.417 e. The third kappa shape index (κ3) is 8.01. The minimum Gasteiger partial charge on any atom is -0.354 e. The van der Waals surface area contributed by atoms with Crippen LogP contribution in [0, 0.1) is 5.82 Å². The number of benzene rings is 3. The van der Waals surface area contributed by atoms with Crippen molar-refractivity contribution in [3.05, 3.63) is 94.8 Å². The summed E-state index contributed by atoms with van der Waals surface area (Å²) in [6.07, 6.45) is -4.14. The van der Waals surface area contributed by atoms with Crippen LogP contribution in [0.1, 0.15) is 37.8 Å². The molecule has 0 aliphatic carbocycles. The summed E-state index contributed by atoms with van der Waals surface area (Å²) in [5, 5.41) is 2.07. The lowest BCUT2D eigenvalue weighted by Crippen LogP contribution is -2.52. The molecular formula is C29H30ClF4N3O4S. The van der Waals surface area contributed by atoms with Crippen LogP contribution in [0.3, 0.4) is 0 Å². The first kappa shape index (κ1) is 32.9. The molecule has 0 aromatic heterocycles. The van der Waals surface area contributed by atoms with Gasteiger partial charge in [-0.3, -0.25) is 13.9 Å². The lowest BCUT2D eigenvalue weighted by atomic mass is 10.1. The largest absolute Gasteiger partial charge is 0.417 e. The maximum absolute atomic E-state index is 13.9. The maximum atomic E-state index is 13.9. The summed E-state index contributed by atoms with van der Waals surface area (Å²) in [5.41, 5.74) is -1.28. The Morgan fingerprint density at radius 1 is 0.976 bits per heavy atom. The van der Waals surface area contributed by atoms with E-state index in [2.05, 4.69) is 5.32 Å². The Bertz CT molecular complexity index is 1490. The molecule has 3 aromatic carbocycles. The molecule has 0 bridgehead atoms. The number of carbonyl (C=O) groups excluding carboxylic acids is 2. The van der Waals surface area contributed by atoms with Crippen molar-refractivity contribution < 1.29 is 35.6 Å². The van der Waals surface area contributed by atoms with Crippen molar-refractivity contribution in [1.29, 1.82) is 0 Å². The molecule has 1 atom stereocenters. The van der Waals surface area contributed by atoms with Crippen molar-refractivity contribution in [1.82, 2.24) is 10.2 Å². The standard InChI is InChI=1S/C29H30ClF4N3O4S/c1-3-16-35-28(39)26(4-2)36(18-20-10-12-21(31)13-11-20)27(38)19-37(42(40,41)23-8-6-5-7-9-23)22-14-15-25(30)24(17-22)29(32,33)34/h5-15,17,26H,3-4,16,18-19H2,1-2H3,(H,35,39). The predicted molar refractivity (Wildman–Crippen MR) is 152 cm³/mol. The predicted octanol–water partition coefficient (Wildman–Crippen LogP) is 6.03. The molecule has 0 fully saturated rings. The summed E-state index contributed by atoms with van der Waals surface area (Å²) in [7, 11) is -4.58. The summed E-state index contributed by atoms with van der Waals surface area (Å²) in [5.74, 6) is -1.87. The van der Waals surface area contributed by atoms with Gasteiger partial charge in [-0.2, -0.15) is 13.2 Å². The second kappa shape index (κ2) is 14.0. The normalized spacial score (nSPS) is 12.5. The van der Waals surface area contributed by atoms with E-state index in [9.17, 15) is 35.6 Å². The van der Waals surface area contributed by atoms with E-state index in [1.165, 1.54) is 48.5 Å². The minimum atomic E-state index is -4.90. The van der Waals surface area contributed by atoms with Crippen LogP contribution in [0.25, 0.3) is 0 Å². The number of hydrogen-bond acceptors (Lipinski definition) is 4. The molecule has 1 N–H and O–H groups in total. The van der Waals surface area contributed by atoms with Crippen LogP contribution >= 0.6 is 11.6 Å². The van der Waals surface area contributed by atoms with E-state index in [0.717, 1.165) is 17.0 Å². The first-order valence-corrected chi connectivity index (χ1v) is 14.9. The molecular weight excluding hydrogens is 598 g/mol. The van der Waals surface area contributed by atoms with Crippen LogP contribution < -0.4 is 9.62 Å². The number of nitrogens with zero attached hydrogens (tertiary/aromatic N) is 2. The number of anilines is 1. The average molecular weight is 628 g/mol. The highest BCUT2D eigenvalue weighted by Gasteiger charge is 2.37. The molecule has 0 saturated carbocycles. The lowest BCUT2D eigenvalue weighted by Gasteiger charge is -2.33. The zero-order valence-corrected chi connectivity index (χ0v) is 24.4. The molecule has 0 spiro atoms. The molecule has 0 heterocycles. The highest BCUT2D eigenvalue weighted by atomic mass is 35.5. The Labute approximate surface area is 247 Å². The van der Waals surface area contributed by atoms with E-state index in [1.54, 1.807) is 13.0 Å². The zero-order chi connectivity index (χ0) is 31.1. The van der Waals surface area contributed by atoms with Crippen LogP contribution in [-0.2, 0) is 32.3 Å². The van der Waals surface area contributed by atoms with E-state index in [0.29, 0.717) is 28.9 Å². The number of carbonyl (C=O) groups is 2. The Kier molecular flexibility index (Phi) is 11.0. The van der Waals surface area contributed by atoms with Crippen molar-refractivity contribution in [2.24, 2.45) is 0 Å². The van der Waals surface area contributed by atoms with Gasteiger partial charge in [0.1, 0.15) is 18.4 Å². The minimum absolute atomic E-state index is 0.146. The molecule has 0 saturated heterocycles. The Morgan fingerprint density at radius 2 is 1.62 bits per heavy atom. The van der Waals surface area contributed by atoms with Crippen LogP contribution in [0.2, 0.25) is 5.02 Å². The number of rotatable bonds is 12. The molecule has 13 heteroatoms. The molecule has 0 aliphatic rings. The van der Waals surface area contributed by atoms with Gasteiger partial charge in [-0.25, -0.2) is 12.8 Å². The fraction of sp³-hybridized carbons (Fsp3) is 0.310. The van der Waals surface area contributed by atoms with Crippen LogP contribution in [-0.4, -0.2) is 44.3 Å². The number of halogens is 5. The van der Waals surface area contributed by atoms with E-state index < -0.39 is 62.7 Å². The van der Waals surface area contributed by atoms with Gasteiger partial charge in [-0.1, -0.05) is 55.8 Å². The second-order valence-electron chi connectivity index (χ2n) is 9.35. The molecule has 226 valence electrons. The molecule has 2 amide bonds. The van der Waals surface area contributed by atoms with E-state index in [4.69, 9.17) is 11.6 Å². The highest BCUT2D eigenvalue weighted by Crippen LogP contribution is 2.38. The van der Waals surface area contributed by atoms with Gasteiger partial charge in [0, 0.05) is 13.1 Å². The second-order valence-corrected chi connectivity index (χ2v) is 11.6. The molecule has 7 nitrogen and oxygen atoms in total. The van der Waals surface area contributed by atoms with Crippen LogP contribution in [0.15, 0.2) is 77.7 Å². The van der Waals surface area contributed by atoms with Gasteiger partial charge in [0.15, 0.2) is 0 Å². The molecule has 0 aliphatic heterocycles. The summed E-state index contributed by atoms with van der Waals surface area (Å²) in [4.78, 5) is 27.9. The van der Waals surface area contributed by atoms with E-state index in [1.807, 2.05) is 6.92 Å². The molecule has 3 rings (SSSR count). The Balaban J connectivity index is 2.12. The Hall–Kier alpha value is -3.64. The molecule has 3 aromatic rings. The number of amides is 2. The van der Waals surface area contributed by atoms with Gasteiger partial charge in [0.05, 0.1) is 21.2 Å². The fourth-order valence-corrected chi connectivity index (χ4v) is 5.86. The topological polar surface area (TPSA) is 86.8 Å². The molecule has 42 heavy (non-hydrogen) atoms. The SMILES string of the molecule is CCCNC(=O)C(CC)N(Cc1ccc(F)cc1)C(=O)CN(c1ccc(Cl)c(C(F)(F)F)c1)S(=O)(=O)c1ccccc1. The van der Waals surface area contributed by atoms with Gasteiger partial charge in [-0.15, -0.1) is 0 Å². The molecule has 0 radical (unpaired) electrons. The summed E-state index contributed by atoms with van der Waals surface area (Å²) in [6.45, 7) is 2.71. The van der Waals surface area contributed by atoms with Gasteiger partial charge in [0.2, 0.25) is 11.8 Å². The van der Waals surface area contributed by atoms with Crippen LogP contribution in [0.4, 0.5) is 23.2 Å². The number of sulfonamides is 1. The van der Waals surface area contributed by atoms with Gasteiger partial charge in [0.25, 0.3) is 10.0 Å². The third-order valence-electron chi connectivity index (χ3n) is 6.35. The number of nitrogens with one attached hydrogen (secondary N) is 1. The fourth-order valence-electron chi connectivity index (χ4n) is 4.21. The molecule has 1 unspecified atom stereocenters. The van der Waals surface area contributed by atoms with E-state index >= 15 is 0 Å².